The molecule has 3 rings (SSSR count). The number of hydrogen-bond donors (Lipinski definition) is 1. The molecular formula is C12H14F3N7O. The van der Waals surface area contributed by atoms with Crippen LogP contribution in [0.15, 0.2) is 6.07 Å². The van der Waals surface area contributed by atoms with E-state index in [0.717, 1.165) is 6.07 Å². The van der Waals surface area contributed by atoms with Crippen LogP contribution in [0.25, 0.3) is 0 Å². The number of piperidine rings is 1. The largest absolute Gasteiger partial charge is 0.481 e. The molecule has 1 aliphatic rings. The molecule has 0 aromatic carbocycles. The normalized spacial score (nSPS) is 16.6. The minimum atomic E-state index is -4.55. The molecule has 23 heavy (non-hydrogen) atoms. The van der Waals surface area contributed by atoms with E-state index in [1.165, 1.54) is 7.11 Å². The van der Waals surface area contributed by atoms with Crippen molar-refractivity contribution in [2.45, 2.75) is 24.9 Å². The fraction of sp³-hybridized carbons (Fsp3) is 0.583. The lowest BCUT2D eigenvalue weighted by Gasteiger charge is -2.30. The predicted molar refractivity (Wildman–Crippen MR) is 72.0 cm³/mol. The molecule has 0 unspecified atom stereocenters. The van der Waals surface area contributed by atoms with Gasteiger partial charge in [-0.3, -0.25) is 0 Å². The van der Waals surface area contributed by atoms with Gasteiger partial charge in [0.15, 0.2) is 11.5 Å². The molecule has 1 saturated heterocycles. The highest BCUT2D eigenvalue weighted by atomic mass is 19.4. The van der Waals surface area contributed by atoms with E-state index in [9.17, 15) is 13.2 Å². The third-order valence-corrected chi connectivity index (χ3v) is 3.70. The Hall–Kier alpha value is -2.46. The van der Waals surface area contributed by atoms with Gasteiger partial charge in [0.05, 0.1) is 7.11 Å². The van der Waals surface area contributed by atoms with E-state index in [1.807, 2.05) is 0 Å². The molecule has 124 valence electrons. The number of H-pyrrole nitrogens is 1. The second-order valence-corrected chi connectivity index (χ2v) is 5.12. The summed E-state index contributed by atoms with van der Waals surface area (Å²) in [5, 5.41) is 13.8. The molecule has 1 N–H and O–H groups in total. The Labute approximate surface area is 129 Å². The summed E-state index contributed by atoms with van der Waals surface area (Å²) in [6.45, 7) is 1.01. The molecule has 8 nitrogen and oxygen atoms in total. The second-order valence-electron chi connectivity index (χ2n) is 5.12. The van der Waals surface area contributed by atoms with Crippen LogP contribution in [0.4, 0.5) is 19.1 Å². The number of alkyl halides is 3. The first-order valence-electron chi connectivity index (χ1n) is 6.96. The van der Waals surface area contributed by atoms with Crippen molar-refractivity contribution in [2.75, 3.05) is 25.1 Å². The van der Waals surface area contributed by atoms with Gasteiger partial charge in [-0.15, -0.1) is 10.2 Å². The lowest BCUT2D eigenvalue weighted by molar-refractivity contribution is -0.141. The molecular weight excluding hydrogens is 315 g/mol. The highest BCUT2D eigenvalue weighted by Gasteiger charge is 2.35. The van der Waals surface area contributed by atoms with Crippen LogP contribution in [-0.4, -0.2) is 50.8 Å². The zero-order valence-corrected chi connectivity index (χ0v) is 12.2. The predicted octanol–water partition coefficient (Wildman–Crippen LogP) is 1.40. The topological polar surface area (TPSA) is 92.7 Å². The number of aromatic nitrogens is 6. The van der Waals surface area contributed by atoms with Crippen LogP contribution in [0.1, 0.15) is 30.3 Å². The minimum absolute atomic E-state index is 0.0169. The van der Waals surface area contributed by atoms with Gasteiger partial charge in [0.2, 0.25) is 11.8 Å². The number of tetrazole rings is 1. The van der Waals surface area contributed by atoms with Crippen molar-refractivity contribution < 1.29 is 17.9 Å². The highest BCUT2D eigenvalue weighted by Crippen LogP contribution is 2.32. The zero-order chi connectivity index (χ0) is 16.4. The van der Waals surface area contributed by atoms with Gasteiger partial charge in [0.1, 0.15) is 0 Å². The fourth-order valence-corrected chi connectivity index (χ4v) is 2.48. The van der Waals surface area contributed by atoms with Crippen LogP contribution in [0, 0.1) is 0 Å². The third-order valence-electron chi connectivity index (χ3n) is 3.70. The van der Waals surface area contributed by atoms with Crippen molar-refractivity contribution in [3.05, 3.63) is 17.6 Å². The van der Waals surface area contributed by atoms with E-state index < -0.39 is 11.9 Å². The Bertz CT molecular complexity index is 653. The van der Waals surface area contributed by atoms with Crippen LogP contribution in [0.5, 0.6) is 5.88 Å². The molecule has 1 fully saturated rings. The smallest absolute Gasteiger partial charge is 0.433 e. The first-order valence-corrected chi connectivity index (χ1v) is 6.96. The SMILES string of the molecule is COc1cc(C(F)(F)F)nc(N2CCC(c3nn[nH]n3)CC2)n1. The number of nitrogens with zero attached hydrogens (tertiary/aromatic N) is 6. The monoisotopic (exact) mass is 329 g/mol. The van der Waals surface area contributed by atoms with Gasteiger partial charge in [0.25, 0.3) is 0 Å². The van der Waals surface area contributed by atoms with Gasteiger partial charge in [-0.2, -0.15) is 23.4 Å². The molecule has 3 heterocycles. The summed E-state index contributed by atoms with van der Waals surface area (Å²) < 4.78 is 43.6. The maximum atomic E-state index is 12.9. The summed E-state index contributed by atoms with van der Waals surface area (Å²) in [5.74, 6) is 0.649. The molecule has 0 radical (unpaired) electrons. The molecule has 0 spiro atoms. The summed E-state index contributed by atoms with van der Waals surface area (Å²) in [7, 11) is 1.27. The Morgan fingerprint density at radius 2 is 2.00 bits per heavy atom. The van der Waals surface area contributed by atoms with E-state index in [1.54, 1.807) is 4.90 Å². The van der Waals surface area contributed by atoms with Gasteiger partial charge < -0.3 is 9.64 Å². The van der Waals surface area contributed by atoms with Crippen LogP contribution in [-0.2, 0) is 6.18 Å². The van der Waals surface area contributed by atoms with Crippen molar-refractivity contribution >= 4 is 5.95 Å². The molecule has 0 atom stereocenters. The summed E-state index contributed by atoms with van der Waals surface area (Å²) in [4.78, 5) is 9.35. The summed E-state index contributed by atoms with van der Waals surface area (Å²) in [6, 6.07) is 0.787. The van der Waals surface area contributed by atoms with Crippen molar-refractivity contribution in [1.29, 1.82) is 0 Å². The summed E-state index contributed by atoms with van der Waals surface area (Å²) >= 11 is 0. The van der Waals surface area contributed by atoms with E-state index in [4.69, 9.17) is 4.74 Å². The molecule has 0 aliphatic carbocycles. The van der Waals surface area contributed by atoms with E-state index in [0.29, 0.717) is 31.8 Å². The lowest BCUT2D eigenvalue weighted by Crippen LogP contribution is -2.35. The molecule has 1 aliphatic heterocycles. The highest BCUT2D eigenvalue weighted by molar-refractivity contribution is 5.36. The summed E-state index contributed by atoms with van der Waals surface area (Å²) in [5.41, 5.74) is -1.01. The molecule has 2 aromatic rings. The van der Waals surface area contributed by atoms with Gasteiger partial charge >= 0.3 is 6.18 Å². The van der Waals surface area contributed by atoms with Crippen molar-refractivity contribution in [2.24, 2.45) is 0 Å². The standard InChI is InChI=1S/C12H14F3N7O/c1-23-9-6-8(12(13,14)15)16-11(17-9)22-4-2-7(3-5-22)10-18-20-21-19-10/h6-7H,2-5H2,1H3,(H,18,19,20,21). The van der Waals surface area contributed by atoms with Crippen molar-refractivity contribution in [3.63, 3.8) is 0 Å². The lowest BCUT2D eigenvalue weighted by atomic mass is 9.96. The van der Waals surface area contributed by atoms with E-state index in [-0.39, 0.29) is 17.7 Å². The van der Waals surface area contributed by atoms with Gasteiger partial charge in [0, 0.05) is 25.1 Å². The zero-order valence-electron chi connectivity index (χ0n) is 12.2. The first-order chi connectivity index (χ1) is 11.0. The van der Waals surface area contributed by atoms with Crippen molar-refractivity contribution in [1.82, 2.24) is 30.6 Å². The molecule has 2 aromatic heterocycles. The third kappa shape index (κ3) is 3.32. The Morgan fingerprint density at radius 1 is 1.26 bits per heavy atom. The average Bonchev–Trinajstić information content (AvgIpc) is 3.08. The number of hydrogen-bond acceptors (Lipinski definition) is 7. The molecule has 11 heteroatoms. The van der Waals surface area contributed by atoms with E-state index >= 15 is 0 Å². The number of methoxy groups -OCH3 is 1. The van der Waals surface area contributed by atoms with Crippen LogP contribution < -0.4 is 9.64 Å². The number of halogens is 3. The Balaban J connectivity index is 1.77. The fourth-order valence-electron chi connectivity index (χ4n) is 2.48. The molecule has 0 bridgehead atoms. The Kier molecular flexibility index (Phi) is 4.01. The maximum absolute atomic E-state index is 12.9. The summed E-state index contributed by atoms with van der Waals surface area (Å²) in [6.07, 6.45) is -3.18. The number of aromatic amines is 1. The van der Waals surface area contributed by atoms with Crippen LogP contribution in [0.3, 0.4) is 0 Å². The Morgan fingerprint density at radius 3 is 2.57 bits per heavy atom. The quantitative estimate of drug-likeness (QED) is 0.910. The minimum Gasteiger partial charge on any atom is -0.481 e. The van der Waals surface area contributed by atoms with Gasteiger partial charge in [-0.25, -0.2) is 4.98 Å². The first kappa shape index (κ1) is 15.4. The second kappa shape index (κ2) is 5.97. The van der Waals surface area contributed by atoms with Gasteiger partial charge in [-0.05, 0) is 12.8 Å². The van der Waals surface area contributed by atoms with Gasteiger partial charge in [-0.1, -0.05) is 5.21 Å². The average molecular weight is 329 g/mol. The van der Waals surface area contributed by atoms with Crippen molar-refractivity contribution in [3.8, 4) is 5.88 Å². The van der Waals surface area contributed by atoms with Crippen LogP contribution >= 0.6 is 0 Å². The maximum Gasteiger partial charge on any atom is 0.433 e. The van der Waals surface area contributed by atoms with Crippen LogP contribution in [0.2, 0.25) is 0 Å². The number of nitrogens with one attached hydrogen (secondary N) is 1. The number of anilines is 1. The molecule has 0 saturated carbocycles. The van der Waals surface area contributed by atoms with E-state index in [2.05, 4.69) is 30.6 Å². The number of rotatable bonds is 3. The number of ether oxygens (including phenoxy) is 1. The molecule has 0 amide bonds.